The number of likely N-dealkylation sites (tertiary alicyclic amines) is 1. The lowest BCUT2D eigenvalue weighted by Crippen LogP contribution is -2.43. The molecule has 0 amide bonds. The Morgan fingerprint density at radius 3 is 2.62 bits per heavy atom. The van der Waals surface area contributed by atoms with Gasteiger partial charge < -0.3 is 10.6 Å². The summed E-state index contributed by atoms with van der Waals surface area (Å²) in [7, 11) is -3.52. The Balaban J connectivity index is 2.04. The summed E-state index contributed by atoms with van der Waals surface area (Å²) in [6.07, 6.45) is 3.68. The molecule has 0 bridgehead atoms. The SMILES string of the molecule is Cc1c(N)cccc1S(=O)(=O)NC(C)CN1CCCCC1. The van der Waals surface area contributed by atoms with E-state index in [1.807, 2.05) is 6.92 Å². The molecule has 0 aromatic heterocycles. The van der Waals surface area contributed by atoms with Gasteiger partial charge in [-0.25, -0.2) is 13.1 Å². The van der Waals surface area contributed by atoms with Crippen LogP contribution in [0.4, 0.5) is 5.69 Å². The van der Waals surface area contributed by atoms with Crippen LogP contribution in [-0.2, 0) is 10.0 Å². The standard InChI is InChI=1S/C15H25N3O2S/c1-12(11-18-9-4-3-5-10-18)17-21(19,20)15-8-6-7-14(16)13(15)2/h6-8,12,17H,3-5,9-11,16H2,1-2H3. The molecule has 2 rings (SSSR count). The topological polar surface area (TPSA) is 75.4 Å². The minimum atomic E-state index is -3.52. The fourth-order valence-corrected chi connectivity index (χ4v) is 4.33. The van der Waals surface area contributed by atoms with Gasteiger partial charge in [0, 0.05) is 18.3 Å². The zero-order valence-corrected chi connectivity index (χ0v) is 13.6. The Morgan fingerprint density at radius 2 is 1.95 bits per heavy atom. The van der Waals surface area contributed by atoms with E-state index in [0.717, 1.165) is 19.6 Å². The molecule has 1 heterocycles. The van der Waals surface area contributed by atoms with Gasteiger partial charge in [0.25, 0.3) is 0 Å². The van der Waals surface area contributed by atoms with Gasteiger partial charge in [0.1, 0.15) is 0 Å². The minimum absolute atomic E-state index is 0.117. The molecule has 3 N–H and O–H groups in total. The number of nitrogens with one attached hydrogen (secondary N) is 1. The molecule has 1 atom stereocenters. The lowest BCUT2D eigenvalue weighted by molar-refractivity contribution is 0.215. The van der Waals surface area contributed by atoms with Gasteiger partial charge in [0.2, 0.25) is 10.0 Å². The summed E-state index contributed by atoms with van der Waals surface area (Å²) in [6.45, 7) is 6.51. The fraction of sp³-hybridized carbons (Fsp3) is 0.600. The van der Waals surface area contributed by atoms with Gasteiger partial charge in [0.05, 0.1) is 4.90 Å². The fourth-order valence-electron chi connectivity index (χ4n) is 2.82. The van der Waals surface area contributed by atoms with E-state index in [9.17, 15) is 8.42 Å². The molecule has 118 valence electrons. The Bertz CT molecular complexity index is 581. The van der Waals surface area contributed by atoms with Crippen molar-refractivity contribution >= 4 is 15.7 Å². The van der Waals surface area contributed by atoms with Crippen LogP contribution >= 0.6 is 0 Å². The van der Waals surface area contributed by atoms with Crippen molar-refractivity contribution in [3.8, 4) is 0 Å². The number of nitrogens with zero attached hydrogens (tertiary/aromatic N) is 1. The van der Waals surface area contributed by atoms with Gasteiger partial charge in [-0.15, -0.1) is 0 Å². The number of hydrogen-bond acceptors (Lipinski definition) is 4. The number of anilines is 1. The summed E-state index contributed by atoms with van der Waals surface area (Å²) >= 11 is 0. The minimum Gasteiger partial charge on any atom is -0.398 e. The van der Waals surface area contributed by atoms with Crippen molar-refractivity contribution in [1.82, 2.24) is 9.62 Å². The van der Waals surface area contributed by atoms with Crippen LogP contribution in [-0.4, -0.2) is 39.0 Å². The van der Waals surface area contributed by atoms with Gasteiger partial charge >= 0.3 is 0 Å². The molecule has 1 aromatic carbocycles. The second-order valence-corrected chi connectivity index (χ2v) is 7.54. The van der Waals surface area contributed by atoms with E-state index in [1.165, 1.54) is 19.3 Å². The highest BCUT2D eigenvalue weighted by Gasteiger charge is 2.22. The van der Waals surface area contributed by atoms with Gasteiger partial charge in [-0.1, -0.05) is 12.5 Å². The number of sulfonamides is 1. The second kappa shape index (κ2) is 6.77. The quantitative estimate of drug-likeness (QED) is 0.812. The van der Waals surface area contributed by atoms with E-state index < -0.39 is 10.0 Å². The van der Waals surface area contributed by atoms with Crippen LogP contribution in [0.25, 0.3) is 0 Å². The summed E-state index contributed by atoms with van der Waals surface area (Å²) in [5, 5.41) is 0. The maximum atomic E-state index is 12.5. The lowest BCUT2D eigenvalue weighted by Gasteiger charge is -2.29. The van der Waals surface area contributed by atoms with Gasteiger partial charge in [-0.3, -0.25) is 0 Å². The average molecular weight is 311 g/mol. The van der Waals surface area contributed by atoms with E-state index >= 15 is 0 Å². The van der Waals surface area contributed by atoms with Crippen molar-refractivity contribution in [3.63, 3.8) is 0 Å². The molecule has 1 saturated heterocycles. The molecule has 0 aliphatic carbocycles. The third kappa shape index (κ3) is 4.18. The molecule has 0 spiro atoms. The molecule has 1 aromatic rings. The van der Waals surface area contributed by atoms with E-state index in [4.69, 9.17) is 5.73 Å². The van der Waals surface area contributed by atoms with Crippen LogP contribution in [0.1, 0.15) is 31.7 Å². The maximum absolute atomic E-state index is 12.5. The Kier molecular flexibility index (Phi) is 5.24. The van der Waals surface area contributed by atoms with E-state index in [-0.39, 0.29) is 10.9 Å². The summed E-state index contributed by atoms with van der Waals surface area (Å²) in [5.74, 6) is 0. The van der Waals surface area contributed by atoms with Crippen LogP contribution in [0.3, 0.4) is 0 Å². The highest BCUT2D eigenvalue weighted by Crippen LogP contribution is 2.20. The first-order valence-electron chi connectivity index (χ1n) is 7.50. The molecule has 0 radical (unpaired) electrons. The highest BCUT2D eigenvalue weighted by atomic mass is 32.2. The Morgan fingerprint density at radius 1 is 1.29 bits per heavy atom. The van der Waals surface area contributed by atoms with E-state index in [1.54, 1.807) is 25.1 Å². The first-order valence-corrected chi connectivity index (χ1v) is 8.98. The maximum Gasteiger partial charge on any atom is 0.241 e. The average Bonchev–Trinajstić information content (AvgIpc) is 2.42. The zero-order chi connectivity index (χ0) is 15.5. The molecule has 1 aliphatic rings. The highest BCUT2D eigenvalue weighted by molar-refractivity contribution is 7.89. The van der Waals surface area contributed by atoms with Gasteiger partial charge in [0.15, 0.2) is 0 Å². The zero-order valence-electron chi connectivity index (χ0n) is 12.8. The molecular weight excluding hydrogens is 286 g/mol. The summed E-state index contributed by atoms with van der Waals surface area (Å²) in [6, 6.07) is 4.87. The van der Waals surface area contributed by atoms with Crippen LogP contribution in [0.2, 0.25) is 0 Å². The predicted molar refractivity (Wildman–Crippen MR) is 85.7 cm³/mol. The van der Waals surface area contributed by atoms with Crippen LogP contribution in [0, 0.1) is 6.92 Å². The number of nitrogens with two attached hydrogens (primary N) is 1. The van der Waals surface area contributed by atoms with Crippen molar-refractivity contribution < 1.29 is 8.42 Å². The van der Waals surface area contributed by atoms with Crippen LogP contribution < -0.4 is 10.5 Å². The Hall–Kier alpha value is -1.11. The molecule has 5 nitrogen and oxygen atoms in total. The number of hydrogen-bond donors (Lipinski definition) is 2. The van der Waals surface area contributed by atoms with Crippen molar-refractivity contribution in [1.29, 1.82) is 0 Å². The molecule has 21 heavy (non-hydrogen) atoms. The molecule has 1 fully saturated rings. The van der Waals surface area contributed by atoms with Gasteiger partial charge in [-0.05, 0) is 57.5 Å². The molecule has 1 unspecified atom stereocenters. The largest absolute Gasteiger partial charge is 0.398 e. The number of benzene rings is 1. The van der Waals surface area contributed by atoms with Crippen molar-refractivity contribution in [2.75, 3.05) is 25.4 Å². The monoisotopic (exact) mass is 311 g/mol. The number of piperidine rings is 1. The van der Waals surface area contributed by atoms with Crippen LogP contribution in [0.5, 0.6) is 0 Å². The van der Waals surface area contributed by atoms with E-state index in [0.29, 0.717) is 11.3 Å². The third-order valence-electron chi connectivity index (χ3n) is 3.95. The smallest absolute Gasteiger partial charge is 0.241 e. The first-order chi connectivity index (χ1) is 9.90. The van der Waals surface area contributed by atoms with Crippen molar-refractivity contribution in [3.05, 3.63) is 23.8 Å². The van der Waals surface area contributed by atoms with Crippen molar-refractivity contribution in [2.45, 2.75) is 44.0 Å². The third-order valence-corrected chi connectivity index (χ3v) is 5.69. The summed E-state index contributed by atoms with van der Waals surface area (Å²) in [5.41, 5.74) is 6.91. The van der Waals surface area contributed by atoms with Gasteiger partial charge in [-0.2, -0.15) is 0 Å². The molecular formula is C15H25N3O2S. The first kappa shape index (κ1) is 16.3. The molecule has 6 heteroatoms. The summed E-state index contributed by atoms with van der Waals surface area (Å²) < 4.78 is 27.7. The summed E-state index contributed by atoms with van der Waals surface area (Å²) in [4.78, 5) is 2.59. The van der Waals surface area contributed by atoms with Crippen molar-refractivity contribution in [2.24, 2.45) is 0 Å². The Labute approximate surface area is 127 Å². The number of rotatable bonds is 5. The van der Waals surface area contributed by atoms with Crippen LogP contribution in [0.15, 0.2) is 23.1 Å². The normalized spacial score (nSPS) is 18.6. The molecule has 0 saturated carbocycles. The lowest BCUT2D eigenvalue weighted by atomic mass is 10.1. The van der Waals surface area contributed by atoms with E-state index in [2.05, 4.69) is 9.62 Å². The second-order valence-electron chi connectivity index (χ2n) is 5.85. The molecule has 1 aliphatic heterocycles. The number of nitrogen functional groups attached to an aromatic ring is 1. The predicted octanol–water partition coefficient (Wildman–Crippen LogP) is 1.73.